The molecule has 0 radical (unpaired) electrons. The van der Waals surface area contributed by atoms with E-state index in [-0.39, 0.29) is 5.91 Å². The van der Waals surface area contributed by atoms with Gasteiger partial charge < -0.3 is 5.32 Å². The second-order valence-corrected chi connectivity index (χ2v) is 6.47. The Kier molecular flexibility index (Phi) is 4.84. The van der Waals surface area contributed by atoms with Crippen LogP contribution in [0.1, 0.15) is 46.8 Å². The Bertz CT molecular complexity index is 677. The van der Waals surface area contributed by atoms with Gasteiger partial charge in [-0.3, -0.25) is 4.79 Å². The molecule has 2 rings (SSSR count). The van der Waals surface area contributed by atoms with Crippen molar-refractivity contribution in [1.82, 2.24) is 0 Å². The summed E-state index contributed by atoms with van der Waals surface area (Å²) in [7, 11) is 0. The molecule has 1 N–H and O–H groups in total. The number of rotatable bonds is 3. The lowest BCUT2D eigenvalue weighted by Crippen LogP contribution is -2.15. The summed E-state index contributed by atoms with van der Waals surface area (Å²) in [5.41, 5.74) is 4.94. The molecule has 0 aliphatic carbocycles. The number of carbonyl (C=O) groups is 1. The molecule has 0 bridgehead atoms. The fourth-order valence-electron chi connectivity index (χ4n) is 2.26. The number of benzene rings is 2. The van der Waals surface area contributed by atoms with Gasteiger partial charge >= 0.3 is 0 Å². The molecule has 2 nitrogen and oxygen atoms in total. The number of hydrogen-bond donors (Lipinski definition) is 1. The van der Waals surface area contributed by atoms with E-state index in [0.717, 1.165) is 26.9 Å². The molecule has 110 valence electrons. The van der Waals surface area contributed by atoms with Crippen LogP contribution in [0.5, 0.6) is 0 Å². The minimum Gasteiger partial charge on any atom is -0.321 e. The molecular weight excluding hydrogens is 326 g/mol. The van der Waals surface area contributed by atoms with Gasteiger partial charge in [-0.25, -0.2) is 0 Å². The third-order valence-electron chi connectivity index (χ3n) is 3.60. The standard InChI is InChI=1S/C18H20BrNO/c1-11(2)15-7-5-6-13(4)17(15)20-18(21)14-9-8-12(3)16(19)10-14/h5-11H,1-4H3,(H,20,21). The first-order valence-corrected chi connectivity index (χ1v) is 7.86. The predicted octanol–water partition coefficient (Wildman–Crippen LogP) is 5.44. The molecule has 2 aromatic rings. The first-order valence-electron chi connectivity index (χ1n) is 7.07. The van der Waals surface area contributed by atoms with Crippen LogP contribution < -0.4 is 5.32 Å². The Labute approximate surface area is 134 Å². The van der Waals surface area contributed by atoms with Crippen LogP contribution >= 0.6 is 15.9 Å². The summed E-state index contributed by atoms with van der Waals surface area (Å²) >= 11 is 3.47. The van der Waals surface area contributed by atoms with Crippen LogP contribution in [0.25, 0.3) is 0 Å². The van der Waals surface area contributed by atoms with E-state index in [1.54, 1.807) is 0 Å². The Balaban J connectivity index is 2.33. The number of halogens is 1. The van der Waals surface area contributed by atoms with Crippen LogP contribution in [0, 0.1) is 13.8 Å². The summed E-state index contributed by atoms with van der Waals surface area (Å²) in [6.45, 7) is 8.29. The molecule has 0 unspecified atom stereocenters. The zero-order valence-corrected chi connectivity index (χ0v) is 14.4. The van der Waals surface area contributed by atoms with Crippen molar-refractivity contribution in [2.45, 2.75) is 33.6 Å². The predicted molar refractivity (Wildman–Crippen MR) is 92.1 cm³/mol. The normalized spacial score (nSPS) is 10.8. The maximum atomic E-state index is 12.5. The van der Waals surface area contributed by atoms with Gasteiger partial charge in [-0.1, -0.05) is 54.0 Å². The van der Waals surface area contributed by atoms with Crippen LogP contribution in [0.15, 0.2) is 40.9 Å². The number of nitrogens with one attached hydrogen (secondary N) is 1. The average molecular weight is 346 g/mol. The lowest BCUT2D eigenvalue weighted by atomic mass is 9.98. The fourth-order valence-corrected chi connectivity index (χ4v) is 2.64. The van der Waals surface area contributed by atoms with Gasteiger partial charge in [0.25, 0.3) is 5.91 Å². The summed E-state index contributed by atoms with van der Waals surface area (Å²) in [5.74, 6) is 0.289. The number of hydrogen-bond acceptors (Lipinski definition) is 1. The zero-order chi connectivity index (χ0) is 15.6. The van der Waals surface area contributed by atoms with Gasteiger partial charge in [0.05, 0.1) is 0 Å². The summed E-state index contributed by atoms with van der Waals surface area (Å²) in [4.78, 5) is 12.5. The Hall–Kier alpha value is -1.61. The molecule has 0 spiro atoms. The van der Waals surface area contributed by atoms with Crippen molar-refractivity contribution in [3.05, 3.63) is 63.1 Å². The highest BCUT2D eigenvalue weighted by molar-refractivity contribution is 9.10. The van der Waals surface area contributed by atoms with E-state index in [1.165, 1.54) is 0 Å². The third kappa shape index (κ3) is 3.53. The zero-order valence-electron chi connectivity index (χ0n) is 12.8. The van der Waals surface area contributed by atoms with Gasteiger partial charge in [0.1, 0.15) is 0 Å². The molecule has 0 aromatic heterocycles. The maximum Gasteiger partial charge on any atom is 0.255 e. The minimum atomic E-state index is -0.0769. The first-order chi connectivity index (χ1) is 9.90. The summed E-state index contributed by atoms with van der Waals surface area (Å²) in [5, 5.41) is 3.06. The second kappa shape index (κ2) is 6.44. The summed E-state index contributed by atoms with van der Waals surface area (Å²) in [6.07, 6.45) is 0. The molecule has 0 saturated heterocycles. The molecule has 0 atom stereocenters. The Morgan fingerprint density at radius 3 is 2.43 bits per heavy atom. The van der Waals surface area contributed by atoms with Gasteiger partial charge in [-0.15, -0.1) is 0 Å². The third-order valence-corrected chi connectivity index (χ3v) is 4.45. The van der Waals surface area contributed by atoms with Crippen LogP contribution in [-0.2, 0) is 0 Å². The van der Waals surface area contributed by atoms with Gasteiger partial charge in [-0.05, 0) is 48.6 Å². The van der Waals surface area contributed by atoms with Crippen molar-refractivity contribution in [3.8, 4) is 0 Å². The van der Waals surface area contributed by atoms with Gasteiger partial charge in [0, 0.05) is 15.7 Å². The molecule has 0 heterocycles. The topological polar surface area (TPSA) is 29.1 Å². The highest BCUT2D eigenvalue weighted by Crippen LogP contribution is 2.28. The first kappa shape index (κ1) is 15.8. The minimum absolute atomic E-state index is 0.0769. The summed E-state index contributed by atoms with van der Waals surface area (Å²) in [6, 6.07) is 11.8. The van der Waals surface area contributed by atoms with Gasteiger partial charge in [0.2, 0.25) is 0 Å². The Morgan fingerprint density at radius 2 is 1.81 bits per heavy atom. The molecule has 2 aromatic carbocycles. The number of para-hydroxylation sites is 1. The number of anilines is 1. The molecule has 0 fully saturated rings. The smallest absolute Gasteiger partial charge is 0.255 e. The molecule has 21 heavy (non-hydrogen) atoms. The number of amides is 1. The fraction of sp³-hybridized carbons (Fsp3) is 0.278. The van der Waals surface area contributed by atoms with Crippen molar-refractivity contribution in [2.24, 2.45) is 0 Å². The van der Waals surface area contributed by atoms with Crippen LogP contribution in [0.2, 0.25) is 0 Å². The summed E-state index contributed by atoms with van der Waals surface area (Å²) < 4.78 is 0.948. The van der Waals surface area contributed by atoms with Crippen molar-refractivity contribution in [2.75, 3.05) is 5.32 Å². The second-order valence-electron chi connectivity index (χ2n) is 5.61. The van der Waals surface area contributed by atoms with E-state index in [2.05, 4.69) is 41.2 Å². The van der Waals surface area contributed by atoms with Crippen molar-refractivity contribution >= 4 is 27.5 Å². The van der Waals surface area contributed by atoms with E-state index in [1.807, 2.05) is 44.2 Å². The molecule has 0 aliphatic heterocycles. The van der Waals surface area contributed by atoms with Crippen molar-refractivity contribution < 1.29 is 4.79 Å². The lowest BCUT2D eigenvalue weighted by Gasteiger charge is -2.16. The van der Waals surface area contributed by atoms with E-state index in [0.29, 0.717) is 11.5 Å². The van der Waals surface area contributed by atoms with E-state index in [9.17, 15) is 4.79 Å². The molecule has 0 saturated carbocycles. The largest absolute Gasteiger partial charge is 0.321 e. The molecule has 3 heteroatoms. The number of aryl methyl sites for hydroxylation is 2. The molecular formula is C18H20BrNO. The van der Waals surface area contributed by atoms with Crippen molar-refractivity contribution in [1.29, 1.82) is 0 Å². The van der Waals surface area contributed by atoms with Crippen LogP contribution in [0.3, 0.4) is 0 Å². The highest BCUT2D eigenvalue weighted by atomic mass is 79.9. The van der Waals surface area contributed by atoms with Gasteiger partial charge in [-0.2, -0.15) is 0 Å². The van der Waals surface area contributed by atoms with Gasteiger partial charge in [0.15, 0.2) is 0 Å². The van der Waals surface area contributed by atoms with Crippen LogP contribution in [0.4, 0.5) is 5.69 Å². The van der Waals surface area contributed by atoms with Crippen LogP contribution in [-0.4, -0.2) is 5.91 Å². The quantitative estimate of drug-likeness (QED) is 0.788. The molecule has 1 amide bonds. The van der Waals surface area contributed by atoms with Crippen molar-refractivity contribution in [3.63, 3.8) is 0 Å². The lowest BCUT2D eigenvalue weighted by molar-refractivity contribution is 0.102. The van der Waals surface area contributed by atoms with E-state index in [4.69, 9.17) is 0 Å². The maximum absolute atomic E-state index is 12.5. The average Bonchev–Trinajstić information content (AvgIpc) is 2.43. The van der Waals surface area contributed by atoms with E-state index < -0.39 is 0 Å². The number of carbonyl (C=O) groups excluding carboxylic acids is 1. The monoisotopic (exact) mass is 345 g/mol. The highest BCUT2D eigenvalue weighted by Gasteiger charge is 2.13. The molecule has 0 aliphatic rings. The van der Waals surface area contributed by atoms with E-state index >= 15 is 0 Å². The SMILES string of the molecule is Cc1ccc(C(=O)Nc2c(C)cccc2C(C)C)cc1Br. The Morgan fingerprint density at radius 1 is 1.10 bits per heavy atom.